The summed E-state index contributed by atoms with van der Waals surface area (Å²) in [5.41, 5.74) is 3.69. The van der Waals surface area contributed by atoms with Crippen LogP contribution < -0.4 is 0 Å². The Balaban J connectivity index is 1.72. The molecule has 5 nitrogen and oxygen atoms in total. The van der Waals surface area contributed by atoms with Gasteiger partial charge in [0.2, 0.25) is 0 Å². The number of aryl methyl sites for hydroxylation is 1. The van der Waals surface area contributed by atoms with Crippen molar-refractivity contribution in [3.63, 3.8) is 0 Å². The van der Waals surface area contributed by atoms with Crippen molar-refractivity contribution >= 4 is 0 Å². The summed E-state index contributed by atoms with van der Waals surface area (Å²) in [6.45, 7) is 13.0. The number of rotatable bonds is 5. The van der Waals surface area contributed by atoms with Crippen LogP contribution in [0.5, 0.6) is 0 Å². The van der Waals surface area contributed by atoms with Crippen LogP contribution in [0.4, 0.5) is 0 Å². The lowest BCUT2D eigenvalue weighted by Crippen LogP contribution is -2.43. The van der Waals surface area contributed by atoms with Crippen LogP contribution in [0.15, 0.2) is 0 Å². The number of aliphatic hydroxyl groups excluding tert-OH is 1. The van der Waals surface area contributed by atoms with Gasteiger partial charge in [0, 0.05) is 49.0 Å². The van der Waals surface area contributed by atoms with Crippen molar-refractivity contribution in [1.82, 2.24) is 19.6 Å². The second kappa shape index (κ2) is 6.91. The normalized spacial score (nSPS) is 26.2. The highest BCUT2D eigenvalue weighted by atomic mass is 16.3. The van der Waals surface area contributed by atoms with Gasteiger partial charge in [-0.3, -0.25) is 14.5 Å². The van der Waals surface area contributed by atoms with Gasteiger partial charge in [0.15, 0.2) is 0 Å². The Morgan fingerprint density at radius 2 is 1.91 bits per heavy atom. The Bertz CT molecular complexity index is 539. The van der Waals surface area contributed by atoms with Crippen LogP contribution in [0.1, 0.15) is 50.1 Å². The van der Waals surface area contributed by atoms with E-state index in [4.69, 9.17) is 0 Å². The van der Waals surface area contributed by atoms with Crippen LogP contribution in [0.2, 0.25) is 0 Å². The fraction of sp³-hybridized carbons (Fsp3) is 0.833. The summed E-state index contributed by atoms with van der Waals surface area (Å²) in [6.07, 6.45) is 4.02. The molecule has 3 rings (SSSR count). The van der Waals surface area contributed by atoms with Gasteiger partial charge < -0.3 is 5.11 Å². The molecule has 2 fully saturated rings. The molecule has 2 unspecified atom stereocenters. The number of hydrogen-bond donors (Lipinski definition) is 1. The van der Waals surface area contributed by atoms with Crippen LogP contribution in [-0.2, 0) is 13.1 Å². The fourth-order valence-corrected chi connectivity index (χ4v) is 4.67. The monoisotopic (exact) mass is 320 g/mol. The highest BCUT2D eigenvalue weighted by molar-refractivity contribution is 5.24. The Morgan fingerprint density at radius 1 is 1.17 bits per heavy atom. The molecule has 23 heavy (non-hydrogen) atoms. The smallest absolute Gasteiger partial charge is 0.0644 e. The number of aliphatic hydroxyl groups is 1. The van der Waals surface area contributed by atoms with Gasteiger partial charge in [-0.2, -0.15) is 5.10 Å². The molecule has 1 N–H and O–H groups in total. The van der Waals surface area contributed by atoms with Gasteiger partial charge in [0.05, 0.1) is 18.8 Å². The molecular formula is C18H32N4O. The quantitative estimate of drug-likeness (QED) is 0.900. The maximum Gasteiger partial charge on any atom is 0.0644 e. The van der Waals surface area contributed by atoms with Crippen molar-refractivity contribution < 1.29 is 5.11 Å². The van der Waals surface area contributed by atoms with E-state index < -0.39 is 0 Å². The summed E-state index contributed by atoms with van der Waals surface area (Å²) in [7, 11) is 0. The Labute approximate surface area is 140 Å². The highest BCUT2D eigenvalue weighted by Crippen LogP contribution is 2.32. The van der Waals surface area contributed by atoms with E-state index >= 15 is 0 Å². The molecule has 0 amide bonds. The van der Waals surface area contributed by atoms with Crippen molar-refractivity contribution in [3.05, 3.63) is 17.0 Å². The van der Waals surface area contributed by atoms with Gasteiger partial charge >= 0.3 is 0 Å². The molecule has 3 heterocycles. The van der Waals surface area contributed by atoms with Gasteiger partial charge in [0.25, 0.3) is 0 Å². The number of nitrogens with zero attached hydrogens (tertiary/aromatic N) is 4. The molecule has 0 aromatic carbocycles. The van der Waals surface area contributed by atoms with E-state index in [9.17, 15) is 5.11 Å². The first-order chi connectivity index (χ1) is 11.0. The third kappa shape index (κ3) is 3.32. The topological polar surface area (TPSA) is 44.5 Å². The number of likely N-dealkylation sites (tertiary alicyclic amines) is 1. The molecule has 5 heteroatoms. The summed E-state index contributed by atoms with van der Waals surface area (Å²) in [5, 5.41) is 13.8. The van der Waals surface area contributed by atoms with Gasteiger partial charge in [-0.1, -0.05) is 0 Å². The molecule has 2 aliphatic heterocycles. The molecule has 0 spiro atoms. The first-order valence-electron chi connectivity index (χ1n) is 9.14. The predicted octanol–water partition coefficient (Wildman–Crippen LogP) is 1.94. The van der Waals surface area contributed by atoms with Gasteiger partial charge in [0.1, 0.15) is 0 Å². The summed E-state index contributed by atoms with van der Waals surface area (Å²) < 4.78 is 1.95. The van der Waals surface area contributed by atoms with Crippen molar-refractivity contribution in [2.45, 2.75) is 78.2 Å². The number of hydrogen-bond acceptors (Lipinski definition) is 4. The Hall–Kier alpha value is -0.910. The minimum Gasteiger partial charge on any atom is -0.394 e. The molecular weight excluding hydrogens is 288 g/mol. The summed E-state index contributed by atoms with van der Waals surface area (Å²) in [6, 6.07) is 2.16. The van der Waals surface area contributed by atoms with E-state index in [0.29, 0.717) is 12.6 Å². The molecule has 0 saturated carbocycles. The molecule has 1 aromatic rings. The van der Waals surface area contributed by atoms with Crippen LogP contribution in [-0.4, -0.2) is 62.5 Å². The Kier molecular flexibility index (Phi) is 5.09. The molecule has 2 atom stereocenters. The van der Waals surface area contributed by atoms with E-state index in [0.717, 1.165) is 24.3 Å². The van der Waals surface area contributed by atoms with E-state index in [1.807, 2.05) is 4.68 Å². The SMILES string of the molecule is Cc1nn(CCO)c(C)c1CN1CCC2CCC(C1)N2C(C)C. The zero-order valence-electron chi connectivity index (χ0n) is 15.1. The fourth-order valence-electron chi connectivity index (χ4n) is 4.67. The zero-order chi connectivity index (χ0) is 16.6. The van der Waals surface area contributed by atoms with E-state index in [2.05, 4.69) is 42.6 Å². The van der Waals surface area contributed by atoms with E-state index in [1.165, 1.54) is 43.6 Å². The minimum atomic E-state index is 0.151. The van der Waals surface area contributed by atoms with Crippen molar-refractivity contribution in [1.29, 1.82) is 0 Å². The van der Waals surface area contributed by atoms with Crippen molar-refractivity contribution in [2.24, 2.45) is 0 Å². The van der Waals surface area contributed by atoms with Gasteiger partial charge in [-0.15, -0.1) is 0 Å². The molecule has 2 saturated heterocycles. The maximum atomic E-state index is 9.18. The molecule has 130 valence electrons. The van der Waals surface area contributed by atoms with E-state index in [-0.39, 0.29) is 6.61 Å². The Morgan fingerprint density at radius 3 is 2.61 bits per heavy atom. The predicted molar refractivity (Wildman–Crippen MR) is 92.5 cm³/mol. The highest BCUT2D eigenvalue weighted by Gasteiger charge is 2.38. The maximum absolute atomic E-state index is 9.18. The first-order valence-corrected chi connectivity index (χ1v) is 9.14. The number of aromatic nitrogens is 2. The third-order valence-corrected chi connectivity index (χ3v) is 5.75. The van der Waals surface area contributed by atoms with Crippen LogP contribution in [0.3, 0.4) is 0 Å². The van der Waals surface area contributed by atoms with Crippen molar-refractivity contribution in [2.75, 3.05) is 19.7 Å². The molecule has 2 bridgehead atoms. The minimum absolute atomic E-state index is 0.151. The molecule has 2 aliphatic rings. The lowest BCUT2D eigenvalue weighted by atomic mass is 10.1. The molecule has 1 aromatic heterocycles. The van der Waals surface area contributed by atoms with Crippen molar-refractivity contribution in [3.8, 4) is 0 Å². The summed E-state index contributed by atoms with van der Waals surface area (Å²) in [5.74, 6) is 0. The molecule has 0 aliphatic carbocycles. The standard InChI is InChI=1S/C18H32N4O/c1-13(2)22-16-5-6-17(22)11-20(8-7-16)12-18-14(3)19-21(9-10-23)15(18)4/h13,16-17,23H,5-12H2,1-4H3. The lowest BCUT2D eigenvalue weighted by molar-refractivity contribution is 0.145. The third-order valence-electron chi connectivity index (χ3n) is 5.75. The van der Waals surface area contributed by atoms with Gasteiger partial charge in [-0.05, 0) is 47.0 Å². The average Bonchev–Trinajstić information content (AvgIpc) is 2.92. The summed E-state index contributed by atoms with van der Waals surface area (Å²) in [4.78, 5) is 5.38. The van der Waals surface area contributed by atoms with Crippen LogP contribution in [0.25, 0.3) is 0 Å². The van der Waals surface area contributed by atoms with E-state index in [1.54, 1.807) is 0 Å². The van der Waals surface area contributed by atoms with Gasteiger partial charge in [-0.25, -0.2) is 0 Å². The second-order valence-electron chi connectivity index (χ2n) is 7.55. The van der Waals surface area contributed by atoms with Crippen LogP contribution in [0, 0.1) is 13.8 Å². The lowest BCUT2D eigenvalue weighted by Gasteiger charge is -2.32. The first kappa shape index (κ1) is 16.9. The average molecular weight is 320 g/mol. The number of fused-ring (bicyclic) bond motifs is 2. The zero-order valence-corrected chi connectivity index (χ0v) is 15.1. The second-order valence-corrected chi connectivity index (χ2v) is 7.55. The largest absolute Gasteiger partial charge is 0.394 e. The molecule has 0 radical (unpaired) electrons. The van der Waals surface area contributed by atoms with Crippen LogP contribution >= 0.6 is 0 Å². The summed E-state index contributed by atoms with van der Waals surface area (Å²) >= 11 is 0.